The molecule has 0 radical (unpaired) electrons. The Bertz CT molecular complexity index is 828. The summed E-state index contributed by atoms with van der Waals surface area (Å²) >= 11 is 0. The van der Waals surface area contributed by atoms with Crippen molar-refractivity contribution in [3.05, 3.63) is 54.1 Å². The number of amides is 1. The van der Waals surface area contributed by atoms with Crippen molar-refractivity contribution in [2.24, 2.45) is 5.41 Å². The molecule has 2 aromatic heterocycles. The van der Waals surface area contributed by atoms with E-state index in [4.69, 9.17) is 0 Å². The summed E-state index contributed by atoms with van der Waals surface area (Å²) < 4.78 is 29.9. The van der Waals surface area contributed by atoms with E-state index in [1.54, 1.807) is 35.5 Å². The Morgan fingerprint density at radius 2 is 1.96 bits per heavy atom. The number of nitrogens with zero attached hydrogens (tertiary/aromatic N) is 4. The topological polar surface area (TPSA) is 49.3 Å². The van der Waals surface area contributed by atoms with Crippen LogP contribution in [-0.4, -0.2) is 52.9 Å². The average molecular weight is 372 g/mol. The summed E-state index contributed by atoms with van der Waals surface area (Å²) in [4.78, 5) is 24.6. The molecule has 27 heavy (non-hydrogen) atoms. The first-order chi connectivity index (χ1) is 12.9. The molecule has 0 saturated carbocycles. The molecular formula is C20H22F2N4O. The Balaban J connectivity index is 1.56. The van der Waals surface area contributed by atoms with E-state index in [0.717, 1.165) is 11.4 Å². The first-order valence-corrected chi connectivity index (χ1v) is 9.15. The summed E-state index contributed by atoms with van der Waals surface area (Å²) in [7, 11) is 0. The van der Waals surface area contributed by atoms with Gasteiger partial charge in [0.05, 0.1) is 22.9 Å². The third kappa shape index (κ3) is 3.15. The van der Waals surface area contributed by atoms with Crippen molar-refractivity contribution < 1.29 is 13.6 Å². The maximum Gasteiger partial charge on any atom is 0.258 e. The van der Waals surface area contributed by atoms with Crippen LogP contribution in [0.3, 0.4) is 0 Å². The molecule has 5 nitrogen and oxygen atoms in total. The predicted octanol–water partition coefficient (Wildman–Crippen LogP) is 3.16. The Hall–Kier alpha value is -2.57. The number of hydrogen-bond acceptors (Lipinski definition) is 4. The number of halogens is 2. The van der Waals surface area contributed by atoms with Crippen molar-refractivity contribution in [1.29, 1.82) is 0 Å². The van der Waals surface area contributed by atoms with E-state index < -0.39 is 11.3 Å². The van der Waals surface area contributed by atoms with Crippen LogP contribution in [0, 0.1) is 12.3 Å². The Morgan fingerprint density at radius 1 is 1.11 bits per heavy atom. The Morgan fingerprint density at radius 3 is 2.67 bits per heavy atom. The molecule has 0 aromatic carbocycles. The van der Waals surface area contributed by atoms with Crippen molar-refractivity contribution >= 4 is 11.6 Å². The summed E-state index contributed by atoms with van der Waals surface area (Å²) in [5.74, 6) is -3.02. The highest BCUT2D eigenvalue weighted by Crippen LogP contribution is 2.50. The van der Waals surface area contributed by atoms with Crippen molar-refractivity contribution in [3.63, 3.8) is 0 Å². The van der Waals surface area contributed by atoms with Gasteiger partial charge in [0.25, 0.3) is 11.8 Å². The van der Waals surface area contributed by atoms with Gasteiger partial charge in [-0.15, -0.1) is 0 Å². The van der Waals surface area contributed by atoms with Gasteiger partial charge in [-0.25, -0.2) is 8.78 Å². The third-order valence-corrected chi connectivity index (χ3v) is 5.78. The van der Waals surface area contributed by atoms with Crippen LogP contribution in [0.25, 0.3) is 0 Å². The van der Waals surface area contributed by atoms with Crippen LogP contribution in [0.2, 0.25) is 0 Å². The number of carbonyl (C=O) groups excluding carboxylic acids is 1. The van der Waals surface area contributed by atoms with E-state index in [9.17, 15) is 13.6 Å². The second-order valence-corrected chi connectivity index (χ2v) is 7.53. The van der Waals surface area contributed by atoms with Crippen LogP contribution in [-0.2, 0) is 0 Å². The molecule has 1 atom stereocenters. The van der Waals surface area contributed by atoms with Gasteiger partial charge in [0.15, 0.2) is 0 Å². The number of aromatic nitrogens is 2. The molecule has 4 heterocycles. The van der Waals surface area contributed by atoms with Gasteiger partial charge < -0.3 is 9.80 Å². The van der Waals surface area contributed by atoms with Gasteiger partial charge in [-0.1, -0.05) is 0 Å². The van der Waals surface area contributed by atoms with E-state index in [-0.39, 0.29) is 32.0 Å². The number of pyridine rings is 2. The molecule has 2 aliphatic rings. The highest BCUT2D eigenvalue weighted by molar-refractivity contribution is 5.94. The predicted molar refractivity (Wildman–Crippen MR) is 97.9 cm³/mol. The van der Waals surface area contributed by atoms with Gasteiger partial charge in [0, 0.05) is 50.7 Å². The molecule has 0 aliphatic carbocycles. The summed E-state index contributed by atoms with van der Waals surface area (Å²) in [5.41, 5.74) is 0.880. The number of hydrogen-bond donors (Lipinski definition) is 0. The lowest BCUT2D eigenvalue weighted by Gasteiger charge is -2.46. The van der Waals surface area contributed by atoms with Crippen LogP contribution >= 0.6 is 0 Å². The van der Waals surface area contributed by atoms with Gasteiger partial charge in [-0.05, 0) is 37.6 Å². The molecule has 2 fully saturated rings. The molecule has 142 valence electrons. The maximum atomic E-state index is 15.0. The number of rotatable bonds is 2. The number of likely N-dealkylation sites (tertiary alicyclic amines) is 1. The molecule has 1 spiro atoms. The van der Waals surface area contributed by atoms with Gasteiger partial charge in [-0.3, -0.25) is 14.8 Å². The first-order valence-electron chi connectivity index (χ1n) is 9.15. The number of alkyl halides is 2. The van der Waals surface area contributed by atoms with Crippen molar-refractivity contribution in [3.8, 4) is 0 Å². The van der Waals surface area contributed by atoms with E-state index in [1.807, 2.05) is 17.9 Å². The van der Waals surface area contributed by atoms with Crippen molar-refractivity contribution in [2.75, 3.05) is 31.1 Å². The first kappa shape index (κ1) is 17.8. The standard InChI is InChI=1S/C20H22F2N4O/c1-15-4-5-16(11-24-15)18(27)26-10-7-20(21,22)19(14-26)6-9-25(13-19)17-3-2-8-23-12-17/h2-5,8,11-12H,6-7,9-10,13-14H2,1H3. The van der Waals surface area contributed by atoms with E-state index in [1.165, 1.54) is 6.20 Å². The van der Waals surface area contributed by atoms with E-state index >= 15 is 0 Å². The highest BCUT2D eigenvalue weighted by atomic mass is 19.3. The molecular weight excluding hydrogens is 350 g/mol. The van der Waals surface area contributed by atoms with Crippen LogP contribution in [0.15, 0.2) is 42.9 Å². The van der Waals surface area contributed by atoms with Gasteiger partial charge in [0.1, 0.15) is 0 Å². The minimum absolute atomic E-state index is 0.0590. The molecule has 0 N–H and O–H groups in total. The molecule has 1 unspecified atom stereocenters. The summed E-state index contributed by atoms with van der Waals surface area (Å²) in [6.45, 7) is 2.73. The van der Waals surface area contributed by atoms with E-state index in [0.29, 0.717) is 18.5 Å². The average Bonchev–Trinajstić information content (AvgIpc) is 3.11. The zero-order valence-corrected chi connectivity index (χ0v) is 15.2. The molecule has 0 bridgehead atoms. The van der Waals surface area contributed by atoms with Crippen LogP contribution in [0.5, 0.6) is 0 Å². The van der Waals surface area contributed by atoms with E-state index in [2.05, 4.69) is 9.97 Å². The number of carbonyl (C=O) groups is 1. The van der Waals surface area contributed by atoms with Crippen LogP contribution in [0.4, 0.5) is 14.5 Å². The molecule has 1 amide bonds. The minimum atomic E-state index is -2.80. The highest BCUT2D eigenvalue weighted by Gasteiger charge is 2.60. The second kappa shape index (κ2) is 6.55. The lowest BCUT2D eigenvalue weighted by Crippen LogP contribution is -2.58. The van der Waals surface area contributed by atoms with Gasteiger partial charge in [0.2, 0.25) is 0 Å². The number of aryl methyl sites for hydroxylation is 1. The van der Waals surface area contributed by atoms with Crippen molar-refractivity contribution in [2.45, 2.75) is 25.7 Å². The lowest BCUT2D eigenvalue weighted by atomic mass is 9.75. The second-order valence-electron chi connectivity index (χ2n) is 7.53. The van der Waals surface area contributed by atoms with Crippen LogP contribution < -0.4 is 4.90 Å². The maximum absolute atomic E-state index is 15.0. The summed E-state index contributed by atoms with van der Waals surface area (Å²) in [6.07, 6.45) is 4.93. The minimum Gasteiger partial charge on any atom is -0.369 e. The quantitative estimate of drug-likeness (QED) is 0.813. The SMILES string of the molecule is Cc1ccc(C(=O)N2CCC(F)(F)C3(CCN(c4cccnc4)C3)C2)cn1. The van der Waals surface area contributed by atoms with Crippen molar-refractivity contribution in [1.82, 2.24) is 14.9 Å². The summed E-state index contributed by atoms with van der Waals surface area (Å²) in [6, 6.07) is 7.16. The fourth-order valence-corrected chi connectivity index (χ4v) is 4.11. The Labute approximate surface area is 157 Å². The lowest BCUT2D eigenvalue weighted by molar-refractivity contribution is -0.150. The zero-order valence-electron chi connectivity index (χ0n) is 15.2. The van der Waals surface area contributed by atoms with Gasteiger partial charge >= 0.3 is 0 Å². The Kier molecular flexibility index (Phi) is 4.32. The summed E-state index contributed by atoms with van der Waals surface area (Å²) in [5, 5.41) is 0. The van der Waals surface area contributed by atoms with Gasteiger partial charge in [-0.2, -0.15) is 0 Å². The fourth-order valence-electron chi connectivity index (χ4n) is 4.11. The monoisotopic (exact) mass is 372 g/mol. The largest absolute Gasteiger partial charge is 0.369 e. The molecule has 2 saturated heterocycles. The molecule has 2 aliphatic heterocycles. The number of anilines is 1. The third-order valence-electron chi connectivity index (χ3n) is 5.78. The number of piperidine rings is 1. The zero-order chi connectivity index (χ0) is 19.1. The molecule has 7 heteroatoms. The fraction of sp³-hybridized carbons (Fsp3) is 0.450. The molecule has 4 rings (SSSR count). The normalized spacial score (nSPS) is 24.4. The molecule has 2 aromatic rings. The smallest absolute Gasteiger partial charge is 0.258 e. The van der Waals surface area contributed by atoms with Crippen LogP contribution in [0.1, 0.15) is 28.9 Å².